The Bertz CT molecular complexity index is 562. The molecule has 0 bridgehead atoms. The first-order chi connectivity index (χ1) is 11.3. The van der Waals surface area contributed by atoms with Gasteiger partial charge in [-0.15, -0.1) is 0 Å². The SMILES string of the molecule is CCCCCCCCN(c1ccccc1)c1ccc(C=O)cc1. The fourth-order valence-electron chi connectivity index (χ4n) is 2.80. The van der Waals surface area contributed by atoms with Crippen LogP contribution in [-0.2, 0) is 0 Å². The van der Waals surface area contributed by atoms with Gasteiger partial charge in [0.05, 0.1) is 0 Å². The second kappa shape index (κ2) is 9.83. The van der Waals surface area contributed by atoms with Crippen LogP contribution in [-0.4, -0.2) is 12.8 Å². The van der Waals surface area contributed by atoms with Crippen molar-refractivity contribution in [1.29, 1.82) is 0 Å². The Morgan fingerprint density at radius 1 is 0.783 bits per heavy atom. The molecule has 0 fully saturated rings. The van der Waals surface area contributed by atoms with Crippen LogP contribution in [0, 0.1) is 0 Å². The number of hydrogen-bond acceptors (Lipinski definition) is 2. The van der Waals surface area contributed by atoms with E-state index in [-0.39, 0.29) is 0 Å². The number of carbonyl (C=O) groups excluding carboxylic acids is 1. The fraction of sp³-hybridized carbons (Fsp3) is 0.381. The zero-order chi connectivity index (χ0) is 16.3. The summed E-state index contributed by atoms with van der Waals surface area (Å²) < 4.78 is 0. The number of carbonyl (C=O) groups is 1. The van der Waals surface area contributed by atoms with Gasteiger partial charge in [-0.25, -0.2) is 0 Å². The molecule has 0 aliphatic heterocycles. The average molecular weight is 309 g/mol. The van der Waals surface area contributed by atoms with Crippen LogP contribution in [0.4, 0.5) is 11.4 Å². The van der Waals surface area contributed by atoms with Crippen LogP contribution in [0.15, 0.2) is 54.6 Å². The number of para-hydroxylation sites is 1. The van der Waals surface area contributed by atoms with Crippen molar-refractivity contribution >= 4 is 17.7 Å². The van der Waals surface area contributed by atoms with Gasteiger partial charge in [0, 0.05) is 23.5 Å². The molecule has 2 aromatic carbocycles. The van der Waals surface area contributed by atoms with Gasteiger partial charge in [0.15, 0.2) is 0 Å². The number of nitrogens with zero attached hydrogens (tertiary/aromatic N) is 1. The molecule has 0 N–H and O–H groups in total. The number of benzene rings is 2. The predicted octanol–water partition coefficient (Wildman–Crippen LogP) is 6.00. The van der Waals surface area contributed by atoms with E-state index in [0.29, 0.717) is 0 Å². The van der Waals surface area contributed by atoms with Crippen molar-refractivity contribution in [3.05, 3.63) is 60.2 Å². The molecule has 0 amide bonds. The van der Waals surface area contributed by atoms with Crippen LogP contribution >= 0.6 is 0 Å². The van der Waals surface area contributed by atoms with Crippen LogP contribution in [0.3, 0.4) is 0 Å². The predicted molar refractivity (Wildman–Crippen MR) is 98.7 cm³/mol. The van der Waals surface area contributed by atoms with E-state index < -0.39 is 0 Å². The summed E-state index contributed by atoms with van der Waals surface area (Å²) in [4.78, 5) is 13.2. The minimum absolute atomic E-state index is 0.723. The van der Waals surface area contributed by atoms with E-state index in [9.17, 15) is 4.79 Å². The van der Waals surface area contributed by atoms with Crippen molar-refractivity contribution in [2.75, 3.05) is 11.4 Å². The maximum absolute atomic E-state index is 10.8. The molecule has 0 saturated carbocycles. The summed E-state index contributed by atoms with van der Waals surface area (Å²) in [5.74, 6) is 0. The van der Waals surface area contributed by atoms with Gasteiger partial charge in [0.1, 0.15) is 6.29 Å². The third-order valence-corrected chi connectivity index (χ3v) is 4.14. The summed E-state index contributed by atoms with van der Waals surface area (Å²) in [6, 6.07) is 18.3. The lowest BCUT2D eigenvalue weighted by Gasteiger charge is -2.25. The Morgan fingerprint density at radius 2 is 1.39 bits per heavy atom. The summed E-state index contributed by atoms with van der Waals surface area (Å²) in [5.41, 5.74) is 3.08. The summed E-state index contributed by atoms with van der Waals surface area (Å²) in [6.45, 7) is 3.26. The van der Waals surface area contributed by atoms with E-state index in [4.69, 9.17) is 0 Å². The van der Waals surface area contributed by atoms with Crippen molar-refractivity contribution in [3.63, 3.8) is 0 Å². The highest BCUT2D eigenvalue weighted by Crippen LogP contribution is 2.26. The summed E-state index contributed by atoms with van der Waals surface area (Å²) in [6.07, 6.45) is 8.65. The first-order valence-corrected chi connectivity index (χ1v) is 8.73. The molecule has 2 aromatic rings. The minimum Gasteiger partial charge on any atom is -0.341 e. The first-order valence-electron chi connectivity index (χ1n) is 8.73. The molecule has 0 saturated heterocycles. The smallest absolute Gasteiger partial charge is 0.150 e. The maximum Gasteiger partial charge on any atom is 0.150 e. The summed E-state index contributed by atoms with van der Waals surface area (Å²) >= 11 is 0. The normalized spacial score (nSPS) is 10.5. The van der Waals surface area contributed by atoms with Crippen molar-refractivity contribution in [3.8, 4) is 0 Å². The molecular weight excluding hydrogens is 282 g/mol. The van der Waals surface area contributed by atoms with E-state index in [0.717, 1.165) is 24.1 Å². The Balaban J connectivity index is 2.01. The summed E-state index contributed by atoms with van der Waals surface area (Å²) in [5, 5.41) is 0. The van der Waals surface area contributed by atoms with Gasteiger partial charge in [-0.3, -0.25) is 4.79 Å². The zero-order valence-corrected chi connectivity index (χ0v) is 14.1. The van der Waals surface area contributed by atoms with Crippen LogP contribution in [0.25, 0.3) is 0 Å². The second-order valence-corrected chi connectivity index (χ2v) is 5.96. The molecule has 2 nitrogen and oxygen atoms in total. The van der Waals surface area contributed by atoms with Crippen LogP contribution in [0.5, 0.6) is 0 Å². The lowest BCUT2D eigenvalue weighted by Crippen LogP contribution is -2.18. The van der Waals surface area contributed by atoms with E-state index in [2.05, 4.69) is 36.1 Å². The lowest BCUT2D eigenvalue weighted by atomic mass is 10.1. The third-order valence-electron chi connectivity index (χ3n) is 4.14. The number of rotatable bonds is 10. The molecule has 0 spiro atoms. The van der Waals surface area contributed by atoms with Gasteiger partial charge in [-0.05, 0) is 42.8 Å². The highest BCUT2D eigenvalue weighted by atomic mass is 16.1. The van der Waals surface area contributed by atoms with Crippen LogP contribution < -0.4 is 4.90 Å². The molecule has 0 aromatic heterocycles. The van der Waals surface area contributed by atoms with Crippen molar-refractivity contribution in [2.24, 2.45) is 0 Å². The van der Waals surface area contributed by atoms with E-state index in [1.165, 1.54) is 44.2 Å². The highest BCUT2D eigenvalue weighted by Gasteiger charge is 2.08. The van der Waals surface area contributed by atoms with Crippen molar-refractivity contribution < 1.29 is 4.79 Å². The number of anilines is 2. The molecule has 0 aliphatic carbocycles. The molecule has 0 unspecified atom stereocenters. The molecule has 0 radical (unpaired) electrons. The monoisotopic (exact) mass is 309 g/mol. The van der Waals surface area contributed by atoms with Crippen LogP contribution in [0.2, 0.25) is 0 Å². The molecule has 2 rings (SSSR count). The van der Waals surface area contributed by atoms with Crippen molar-refractivity contribution in [1.82, 2.24) is 0 Å². The Morgan fingerprint density at radius 3 is 2.04 bits per heavy atom. The quantitative estimate of drug-likeness (QED) is 0.396. The first kappa shape index (κ1) is 17.3. The van der Waals surface area contributed by atoms with E-state index in [1.807, 2.05) is 30.3 Å². The summed E-state index contributed by atoms with van der Waals surface area (Å²) in [7, 11) is 0. The average Bonchev–Trinajstić information content (AvgIpc) is 2.62. The van der Waals surface area contributed by atoms with Gasteiger partial charge < -0.3 is 4.90 Å². The Hall–Kier alpha value is -2.09. The van der Waals surface area contributed by atoms with Crippen LogP contribution in [0.1, 0.15) is 55.8 Å². The molecular formula is C21H27NO. The Labute approximate surface area is 140 Å². The van der Waals surface area contributed by atoms with Gasteiger partial charge in [0.25, 0.3) is 0 Å². The maximum atomic E-state index is 10.8. The topological polar surface area (TPSA) is 20.3 Å². The Kier molecular flexibility index (Phi) is 7.38. The molecule has 0 atom stereocenters. The standard InChI is InChI=1S/C21H27NO/c1-2-3-4-5-6-10-17-22(20-11-8-7-9-12-20)21-15-13-19(18-23)14-16-21/h7-9,11-16,18H,2-6,10,17H2,1H3. The third kappa shape index (κ3) is 5.55. The minimum atomic E-state index is 0.723. The zero-order valence-electron chi connectivity index (χ0n) is 14.1. The van der Waals surface area contributed by atoms with E-state index >= 15 is 0 Å². The van der Waals surface area contributed by atoms with E-state index in [1.54, 1.807) is 0 Å². The highest BCUT2D eigenvalue weighted by molar-refractivity contribution is 5.76. The lowest BCUT2D eigenvalue weighted by molar-refractivity contribution is 0.112. The van der Waals surface area contributed by atoms with Gasteiger partial charge in [-0.1, -0.05) is 57.2 Å². The number of hydrogen-bond donors (Lipinski definition) is 0. The largest absolute Gasteiger partial charge is 0.341 e. The second-order valence-electron chi connectivity index (χ2n) is 5.96. The molecule has 0 heterocycles. The molecule has 23 heavy (non-hydrogen) atoms. The molecule has 0 aliphatic rings. The molecule has 2 heteroatoms. The number of aldehydes is 1. The van der Waals surface area contributed by atoms with Gasteiger partial charge in [0.2, 0.25) is 0 Å². The molecule has 122 valence electrons. The fourth-order valence-corrected chi connectivity index (χ4v) is 2.80. The van der Waals surface area contributed by atoms with Gasteiger partial charge in [-0.2, -0.15) is 0 Å². The number of unbranched alkanes of at least 4 members (excludes halogenated alkanes) is 5. The van der Waals surface area contributed by atoms with Crippen molar-refractivity contribution in [2.45, 2.75) is 45.4 Å². The van der Waals surface area contributed by atoms with Gasteiger partial charge >= 0.3 is 0 Å².